The van der Waals surface area contributed by atoms with Gasteiger partial charge in [0.05, 0.1) is 24.4 Å². The van der Waals surface area contributed by atoms with Gasteiger partial charge in [-0.05, 0) is 37.8 Å². The third-order valence-electron chi connectivity index (χ3n) is 5.90. The van der Waals surface area contributed by atoms with E-state index in [9.17, 15) is 15.1 Å². The summed E-state index contributed by atoms with van der Waals surface area (Å²) >= 11 is 0. The number of hydrogen-bond donors (Lipinski definition) is 3. The van der Waals surface area contributed by atoms with Crippen LogP contribution in [0.1, 0.15) is 47.9 Å². The zero-order chi connectivity index (χ0) is 22.2. The summed E-state index contributed by atoms with van der Waals surface area (Å²) in [5.74, 6) is 2.50. The van der Waals surface area contributed by atoms with Crippen LogP contribution in [-0.4, -0.2) is 38.7 Å². The summed E-state index contributed by atoms with van der Waals surface area (Å²) in [5, 5.41) is 28.7. The van der Waals surface area contributed by atoms with Crippen molar-refractivity contribution in [3.8, 4) is 18.1 Å². The molecule has 4 rings (SSSR count). The third-order valence-corrected chi connectivity index (χ3v) is 5.90. The van der Waals surface area contributed by atoms with Crippen LogP contribution in [0.3, 0.4) is 0 Å². The van der Waals surface area contributed by atoms with Crippen LogP contribution in [0, 0.1) is 19.3 Å². The van der Waals surface area contributed by atoms with E-state index in [1.54, 1.807) is 31.2 Å². The van der Waals surface area contributed by atoms with Gasteiger partial charge in [-0.3, -0.25) is 14.7 Å². The Morgan fingerprint density at radius 2 is 2.13 bits per heavy atom. The predicted molar refractivity (Wildman–Crippen MR) is 114 cm³/mol. The van der Waals surface area contributed by atoms with Crippen LogP contribution in [0.5, 0.6) is 5.75 Å². The highest BCUT2D eigenvalue weighted by Crippen LogP contribution is 2.36. The van der Waals surface area contributed by atoms with E-state index in [1.165, 1.54) is 13.2 Å². The van der Waals surface area contributed by atoms with Crippen LogP contribution in [0.15, 0.2) is 36.5 Å². The van der Waals surface area contributed by atoms with Gasteiger partial charge < -0.3 is 15.2 Å². The van der Waals surface area contributed by atoms with E-state index in [-0.39, 0.29) is 11.7 Å². The molecule has 8 nitrogen and oxygen atoms in total. The molecule has 0 unspecified atom stereocenters. The normalized spacial score (nSPS) is 20.9. The Kier molecular flexibility index (Phi) is 5.29. The second-order valence-electron chi connectivity index (χ2n) is 7.95. The number of carbonyl (C=O) groups is 1. The molecular formula is C23H25N4O4+. The van der Waals surface area contributed by atoms with E-state index >= 15 is 0 Å². The van der Waals surface area contributed by atoms with Gasteiger partial charge in [-0.2, -0.15) is 5.10 Å². The van der Waals surface area contributed by atoms with Crippen molar-refractivity contribution in [3.05, 3.63) is 47.9 Å². The number of anilines is 1. The molecule has 1 aromatic carbocycles. The smallest absolute Gasteiger partial charge is 0.325 e. The van der Waals surface area contributed by atoms with Gasteiger partial charge in [-0.25, -0.2) is 0 Å². The number of nitrogens with one attached hydrogen (secondary N) is 1. The highest BCUT2D eigenvalue weighted by atomic mass is 16.5. The number of aliphatic hydroxyl groups is 1. The maximum atomic E-state index is 12.7. The molecule has 3 N–H and O–H groups in total. The molecular weight excluding hydrogens is 396 g/mol. The number of terminal acetylenes is 1. The van der Waals surface area contributed by atoms with Gasteiger partial charge in [-0.15, -0.1) is 6.42 Å². The van der Waals surface area contributed by atoms with Crippen molar-refractivity contribution >= 4 is 22.5 Å². The largest absolute Gasteiger partial charge is 0.494 e. The molecule has 0 bridgehead atoms. The molecule has 0 aliphatic heterocycles. The molecule has 1 aliphatic carbocycles. The first-order chi connectivity index (χ1) is 14.8. The molecule has 0 saturated heterocycles. The SMILES string of the molecule is C#C[C@]1(O)CC[C@H](n2cc3cc(NC(=O)c4cccc(C)[n+]4O)c(OC)cc3n2)CC1. The first-order valence-corrected chi connectivity index (χ1v) is 10.1. The van der Waals surface area contributed by atoms with Crippen LogP contribution >= 0.6 is 0 Å². The number of nitrogens with zero attached hydrogens (tertiary/aromatic N) is 3. The maximum absolute atomic E-state index is 12.7. The summed E-state index contributed by atoms with van der Waals surface area (Å²) in [4.78, 5) is 12.7. The number of pyridine rings is 1. The number of aromatic nitrogens is 3. The van der Waals surface area contributed by atoms with E-state index in [2.05, 4.69) is 16.3 Å². The lowest BCUT2D eigenvalue weighted by Gasteiger charge is -2.32. The van der Waals surface area contributed by atoms with Crippen LogP contribution < -0.4 is 14.8 Å². The van der Waals surface area contributed by atoms with Gasteiger partial charge in [0, 0.05) is 41.4 Å². The van der Waals surface area contributed by atoms with Crippen molar-refractivity contribution < 1.29 is 24.6 Å². The summed E-state index contributed by atoms with van der Waals surface area (Å²) in [6.45, 7) is 1.70. The molecule has 0 radical (unpaired) electrons. The van der Waals surface area contributed by atoms with Crippen LogP contribution in [0.4, 0.5) is 5.69 Å². The Morgan fingerprint density at radius 3 is 2.81 bits per heavy atom. The number of amides is 1. The summed E-state index contributed by atoms with van der Waals surface area (Å²) in [6, 6.07) is 8.65. The standard InChI is InChI=1S/C23H24N4O4/c1-4-23(29)10-8-17(9-11-23)26-14-16-12-19(21(31-3)13-18(16)25-26)24-22(28)20-7-5-6-15(2)27(20)30/h1,5-7,12-14,17,29H,8-11H2,2-3H3,(H-,24,28,30)/p+1/t17-,23-. The minimum atomic E-state index is -1.02. The Hall–Kier alpha value is -3.57. The average molecular weight is 421 g/mol. The van der Waals surface area contributed by atoms with E-state index in [1.807, 2.05) is 10.9 Å². The molecule has 1 amide bonds. The van der Waals surface area contributed by atoms with Crippen molar-refractivity contribution in [2.45, 2.75) is 44.2 Å². The van der Waals surface area contributed by atoms with E-state index in [0.29, 0.717) is 30.0 Å². The maximum Gasteiger partial charge on any atom is 0.325 e. The molecule has 2 aromatic heterocycles. The molecule has 1 aliphatic rings. The monoisotopic (exact) mass is 421 g/mol. The van der Waals surface area contributed by atoms with Gasteiger partial charge in [0.15, 0.2) is 0 Å². The fraction of sp³-hybridized carbons (Fsp3) is 0.348. The Bertz CT molecular complexity index is 1190. The second-order valence-corrected chi connectivity index (χ2v) is 7.95. The number of carbonyl (C=O) groups excluding carboxylic acids is 1. The molecule has 3 aromatic rings. The first kappa shape index (κ1) is 20.7. The minimum absolute atomic E-state index is 0.112. The van der Waals surface area contributed by atoms with Crippen LogP contribution in [0.25, 0.3) is 10.9 Å². The van der Waals surface area contributed by atoms with E-state index in [0.717, 1.165) is 28.5 Å². The molecule has 0 spiro atoms. The number of aryl methyl sites for hydroxylation is 1. The first-order valence-electron chi connectivity index (χ1n) is 10.1. The summed E-state index contributed by atoms with van der Waals surface area (Å²) < 4.78 is 8.20. The molecule has 31 heavy (non-hydrogen) atoms. The van der Waals surface area contributed by atoms with Gasteiger partial charge in [-0.1, -0.05) is 5.92 Å². The highest BCUT2D eigenvalue weighted by Gasteiger charge is 2.32. The number of fused-ring (bicyclic) bond motifs is 1. The van der Waals surface area contributed by atoms with Crippen LogP contribution in [0.2, 0.25) is 0 Å². The fourth-order valence-electron chi connectivity index (χ4n) is 3.98. The predicted octanol–water partition coefficient (Wildman–Crippen LogP) is 2.61. The summed E-state index contributed by atoms with van der Waals surface area (Å²) in [6.07, 6.45) is 9.91. The minimum Gasteiger partial charge on any atom is -0.494 e. The molecule has 0 atom stereocenters. The topological polar surface area (TPSA) is 100 Å². The number of ether oxygens (including phenoxy) is 1. The lowest BCUT2D eigenvalue weighted by atomic mass is 9.83. The van der Waals surface area contributed by atoms with E-state index in [4.69, 9.17) is 11.2 Å². The Morgan fingerprint density at radius 1 is 1.39 bits per heavy atom. The van der Waals surface area contributed by atoms with Crippen molar-refractivity contribution in [1.29, 1.82) is 0 Å². The van der Waals surface area contributed by atoms with Crippen molar-refractivity contribution in [1.82, 2.24) is 9.78 Å². The fourth-order valence-corrected chi connectivity index (χ4v) is 3.98. The van der Waals surface area contributed by atoms with Crippen molar-refractivity contribution in [3.63, 3.8) is 0 Å². The summed E-state index contributed by atoms with van der Waals surface area (Å²) in [7, 11) is 1.52. The van der Waals surface area contributed by atoms with Gasteiger partial charge >= 0.3 is 11.6 Å². The average Bonchev–Trinajstić information content (AvgIpc) is 3.18. The highest BCUT2D eigenvalue weighted by molar-refractivity contribution is 6.04. The Labute approximate surface area is 180 Å². The molecule has 1 saturated carbocycles. The number of benzene rings is 1. The van der Waals surface area contributed by atoms with Gasteiger partial charge in [0.25, 0.3) is 0 Å². The lowest BCUT2D eigenvalue weighted by Crippen LogP contribution is -2.42. The quantitative estimate of drug-likeness (QED) is 0.342. The van der Waals surface area contributed by atoms with Crippen molar-refractivity contribution in [2.75, 3.05) is 12.4 Å². The third kappa shape index (κ3) is 3.92. The van der Waals surface area contributed by atoms with Gasteiger partial charge in [0.1, 0.15) is 11.4 Å². The lowest BCUT2D eigenvalue weighted by molar-refractivity contribution is -0.909. The molecule has 2 heterocycles. The number of methoxy groups -OCH3 is 1. The van der Waals surface area contributed by atoms with Crippen molar-refractivity contribution in [2.24, 2.45) is 0 Å². The summed E-state index contributed by atoms with van der Waals surface area (Å²) in [5.41, 5.74) is 0.844. The zero-order valence-corrected chi connectivity index (χ0v) is 17.5. The number of hydrogen-bond acceptors (Lipinski definition) is 5. The van der Waals surface area contributed by atoms with Crippen LogP contribution in [-0.2, 0) is 0 Å². The zero-order valence-electron chi connectivity index (χ0n) is 17.5. The Balaban J connectivity index is 1.61. The van der Waals surface area contributed by atoms with Gasteiger partial charge in [0.2, 0.25) is 5.69 Å². The van der Waals surface area contributed by atoms with E-state index < -0.39 is 11.5 Å². The molecule has 1 fully saturated rings. The molecule has 8 heteroatoms. The molecule has 160 valence electrons. The second kappa shape index (κ2) is 7.93. The number of rotatable bonds is 4.